The van der Waals surface area contributed by atoms with Crippen molar-refractivity contribution in [2.75, 3.05) is 19.6 Å². The summed E-state index contributed by atoms with van der Waals surface area (Å²) in [6, 6.07) is 105. The Kier molecular flexibility index (Phi) is 20.1. The minimum atomic E-state index is -0.473. The topological polar surface area (TPSA) is 73.8 Å². The van der Waals surface area contributed by atoms with Gasteiger partial charge in [0.2, 0.25) is 0 Å². The molecule has 424 valence electrons. The number of ether oxygens (including phenoxy) is 1. The number of rotatable bonds is 10. The Hall–Kier alpha value is -9.86. The van der Waals surface area contributed by atoms with Crippen LogP contribution in [0.3, 0.4) is 0 Å². The van der Waals surface area contributed by atoms with Crippen LogP contribution in [0, 0.1) is 49.7 Å². The van der Waals surface area contributed by atoms with Gasteiger partial charge in [-0.15, -0.1) is 102 Å². The Morgan fingerprint density at radius 3 is 1.24 bits per heavy atom. The summed E-state index contributed by atoms with van der Waals surface area (Å²) < 4.78 is 5.70. The van der Waals surface area contributed by atoms with E-state index >= 15 is 0 Å². The molecule has 8 aromatic carbocycles. The molecule has 0 bridgehead atoms. The molecule has 86 heavy (non-hydrogen) atoms. The fourth-order valence-electron chi connectivity index (χ4n) is 10.1. The third-order valence-corrected chi connectivity index (χ3v) is 13.9. The Morgan fingerprint density at radius 1 is 0.337 bits per heavy atom. The zero-order chi connectivity index (χ0) is 56.6. The average molecular weight is 1470 g/mol. The minimum absolute atomic E-state index is 0. The number of para-hydroxylation sites is 3. The quantitative estimate of drug-likeness (QED) is 0.125. The molecule has 0 amide bonds. The van der Waals surface area contributed by atoms with E-state index in [1.54, 1.807) is 18.6 Å². The van der Waals surface area contributed by atoms with Crippen LogP contribution in [0.2, 0.25) is 0 Å². The largest absolute Gasteiger partial charge is 0.503 e. The molecule has 6 heterocycles. The van der Waals surface area contributed by atoms with Crippen LogP contribution in [0.15, 0.2) is 304 Å². The van der Waals surface area contributed by atoms with E-state index in [1.165, 1.54) is 22.3 Å². The van der Waals surface area contributed by atoms with Crippen LogP contribution < -0.4 is 24.3 Å². The molecule has 0 saturated carbocycles. The van der Waals surface area contributed by atoms with Crippen molar-refractivity contribution in [3.8, 4) is 45.1 Å². The Morgan fingerprint density at radius 2 is 0.767 bits per heavy atom. The van der Waals surface area contributed by atoms with Crippen molar-refractivity contribution in [3.05, 3.63) is 376 Å². The molecule has 2 aliphatic heterocycles. The molecule has 2 radical (unpaired) electrons. The van der Waals surface area contributed by atoms with Crippen LogP contribution in [0.1, 0.15) is 22.3 Å². The maximum Gasteiger partial charge on any atom is 0.104 e. The van der Waals surface area contributed by atoms with Gasteiger partial charge in [-0.05, 0) is 94.8 Å². The van der Waals surface area contributed by atoms with Crippen LogP contribution in [0.25, 0.3) is 33.6 Å². The summed E-state index contributed by atoms with van der Waals surface area (Å²) in [4.78, 5) is 25.4. The van der Waals surface area contributed by atoms with E-state index < -0.39 is 5.41 Å². The van der Waals surface area contributed by atoms with Crippen LogP contribution in [0.5, 0.6) is 11.5 Å². The van der Waals surface area contributed by atoms with E-state index in [4.69, 9.17) is 4.74 Å². The van der Waals surface area contributed by atoms with E-state index in [1.807, 2.05) is 240 Å². The fourth-order valence-corrected chi connectivity index (χ4v) is 10.1. The van der Waals surface area contributed by atoms with Gasteiger partial charge in [0.15, 0.2) is 0 Å². The van der Waals surface area contributed by atoms with Gasteiger partial charge in [0.05, 0.1) is 0 Å². The molecule has 0 saturated heterocycles. The monoisotopic (exact) mass is 1470 g/mol. The van der Waals surface area contributed by atoms with Gasteiger partial charge in [-0.2, -0.15) is 109 Å². The molecule has 0 spiro atoms. The Balaban J connectivity index is 0.000000131. The van der Waals surface area contributed by atoms with Gasteiger partial charge in [-0.3, -0.25) is 0 Å². The summed E-state index contributed by atoms with van der Waals surface area (Å²) in [5, 5.41) is 0. The number of aromatic nitrogens is 4. The second-order valence-electron chi connectivity index (χ2n) is 19.1. The molecule has 11 heteroatoms. The molecule has 3 aliphatic rings. The van der Waals surface area contributed by atoms with Crippen molar-refractivity contribution < 1.29 is 44.9 Å². The first-order valence-electron chi connectivity index (χ1n) is 27.3. The van der Waals surface area contributed by atoms with Gasteiger partial charge < -0.3 is 34.3 Å². The van der Waals surface area contributed by atoms with Crippen LogP contribution in [-0.2, 0) is 45.6 Å². The molecule has 0 N–H and O–H groups in total. The minimum Gasteiger partial charge on any atom is -0.503 e. The molecule has 4 aromatic heterocycles. The summed E-state index contributed by atoms with van der Waals surface area (Å²) >= 11 is 0. The van der Waals surface area contributed by atoms with Crippen molar-refractivity contribution in [1.82, 2.24) is 19.9 Å². The predicted octanol–water partition coefficient (Wildman–Crippen LogP) is 16.4. The van der Waals surface area contributed by atoms with Crippen molar-refractivity contribution in [1.29, 1.82) is 0 Å². The van der Waals surface area contributed by atoms with E-state index in [9.17, 15) is 0 Å². The maximum absolute atomic E-state index is 5.70. The zero-order valence-corrected chi connectivity index (χ0v) is 51.0. The normalized spacial score (nSPS) is 12.7. The van der Waals surface area contributed by atoms with Crippen molar-refractivity contribution in [2.45, 2.75) is 5.41 Å². The van der Waals surface area contributed by atoms with E-state index in [2.05, 4.69) is 135 Å². The first kappa shape index (κ1) is 59.3. The zero-order valence-electron chi connectivity index (χ0n) is 46.2. The maximum atomic E-state index is 5.70. The van der Waals surface area contributed by atoms with E-state index in [0.717, 1.165) is 56.7 Å². The SMILES string of the molecule is [Ir].[Ir].[c-]1ccccc1C1(c2[c-]c(-c3ccccn3)ccc2)c2ccccc2-c2ccccc21.[c-]1ccccc1N1C=CN(c2ccccn2)[CH-]1.[c-]1ccccc1N1C=CN(c2ccccn2)[CH-]1.[c-]1ccccc1Oc1[c-]c(-c2ccccn2)ccc1. The van der Waals surface area contributed by atoms with Gasteiger partial charge in [0.25, 0.3) is 0 Å². The van der Waals surface area contributed by atoms with Gasteiger partial charge in [0.1, 0.15) is 11.6 Å². The number of hydrogen-bond acceptors (Lipinski definition) is 9. The number of hydrogen-bond donors (Lipinski definition) is 0. The molecule has 0 atom stereocenters. The summed E-state index contributed by atoms with van der Waals surface area (Å²) in [5.41, 5.74) is 12.6. The van der Waals surface area contributed by atoms with Gasteiger partial charge in [-0.1, -0.05) is 91.0 Å². The fraction of sp³-hybridized carbons (Fsp3) is 0.0133. The van der Waals surface area contributed by atoms with Crippen LogP contribution in [0.4, 0.5) is 23.0 Å². The standard InChI is InChI=1S/C30H19N.C17H11NO.2C14H11N3.2Ir/c1-2-12-23(13-3-1)30(24-14-10-11-22(21-24)29-19-8-9-20-31-29)27-17-6-4-15-25(27)26-16-5-7-18-28(26)30;1-2-8-15(9-3-1)19-16-10-6-7-14(13-16)17-11-4-5-12-18-17;2*1-2-6-13(7-3-1)16-10-11-17(12-16)14-8-4-5-9-15-14;;/h1-12,14-20H;1-8,10-12H;2*1-6,8-12H;;/q4*-2;;. The molecule has 12 aromatic rings. The average Bonchev–Trinajstić information content (AvgIpc) is 1.56. The number of anilines is 4. The summed E-state index contributed by atoms with van der Waals surface area (Å²) in [7, 11) is 0. The van der Waals surface area contributed by atoms with E-state index in [-0.39, 0.29) is 40.2 Å². The van der Waals surface area contributed by atoms with E-state index in [0.29, 0.717) is 11.5 Å². The first-order valence-corrected chi connectivity index (χ1v) is 27.3. The van der Waals surface area contributed by atoms with Gasteiger partial charge >= 0.3 is 0 Å². The van der Waals surface area contributed by atoms with Crippen LogP contribution in [-0.4, -0.2) is 19.9 Å². The second kappa shape index (κ2) is 29.1. The Bertz CT molecular complexity index is 3840. The molecule has 0 fully saturated rings. The van der Waals surface area contributed by atoms with Gasteiger partial charge in [-0.25, -0.2) is 9.97 Å². The second-order valence-corrected chi connectivity index (χ2v) is 19.1. The smallest absolute Gasteiger partial charge is 0.104 e. The van der Waals surface area contributed by atoms with Crippen LogP contribution >= 0.6 is 0 Å². The third kappa shape index (κ3) is 13.7. The molecule has 15 rings (SSSR count). The van der Waals surface area contributed by atoms with Crippen molar-refractivity contribution in [3.63, 3.8) is 0 Å². The third-order valence-electron chi connectivity index (χ3n) is 13.9. The molecule has 9 nitrogen and oxygen atoms in total. The van der Waals surface area contributed by atoms with Gasteiger partial charge in [0, 0.05) is 81.9 Å². The summed E-state index contributed by atoms with van der Waals surface area (Å²) in [6.45, 7) is 3.96. The number of fused-ring (bicyclic) bond motifs is 3. The summed E-state index contributed by atoms with van der Waals surface area (Å²) in [6.07, 6.45) is 15.1. The molecule has 1 aliphatic carbocycles. The Labute approximate surface area is 530 Å². The molecular weight excluding hydrogens is 1410 g/mol. The van der Waals surface area contributed by atoms with Crippen molar-refractivity contribution in [2.24, 2.45) is 0 Å². The number of nitrogens with zero attached hydrogens (tertiary/aromatic N) is 8. The molecule has 0 unspecified atom stereocenters. The number of benzene rings is 8. The van der Waals surface area contributed by atoms with Crippen molar-refractivity contribution >= 4 is 23.0 Å². The molecular formula is C75H52Ir2N8O-8. The first-order chi connectivity index (χ1) is 41.7. The predicted molar refractivity (Wildman–Crippen MR) is 334 cm³/mol. The number of pyridine rings is 4. The summed E-state index contributed by atoms with van der Waals surface area (Å²) in [5.74, 6) is 3.15.